The maximum absolute atomic E-state index is 5.23. The van der Waals surface area contributed by atoms with E-state index in [1.165, 1.54) is 75.1 Å². The second kappa shape index (κ2) is 11.7. The third kappa shape index (κ3) is 4.59. The predicted octanol–water partition coefficient (Wildman–Crippen LogP) is 14.0. The highest BCUT2D eigenvalue weighted by molar-refractivity contribution is 7.26. The monoisotopic (exact) mass is 715 g/mol. The van der Waals surface area contributed by atoms with Gasteiger partial charge in [0.25, 0.3) is 0 Å². The molecule has 0 saturated carbocycles. The molecule has 0 saturated heterocycles. The standard InChI is InChI=1S/C51H29N3S/c1-2-13-32(14-3-1)49-52-50(34-27-26-30-12-4-5-15-33(30)28-34)54-51(53-49)39-23-11-19-35-36(39)20-10-22-37(35)48-46-41-24-9-17-31-16-8-21-38(45(31)41)42(46)29-44-47(48)40-18-6-7-25-43(40)55-44/h1-29H. The molecule has 9 aromatic carbocycles. The molecule has 0 aliphatic heterocycles. The molecule has 0 fully saturated rings. The Kier molecular flexibility index (Phi) is 6.50. The lowest BCUT2D eigenvalue weighted by atomic mass is 9.86. The van der Waals surface area contributed by atoms with Gasteiger partial charge >= 0.3 is 0 Å². The predicted molar refractivity (Wildman–Crippen MR) is 231 cm³/mol. The number of rotatable bonds is 4. The molecule has 0 radical (unpaired) electrons. The highest BCUT2D eigenvalue weighted by Crippen LogP contribution is 2.56. The largest absolute Gasteiger partial charge is 0.208 e. The van der Waals surface area contributed by atoms with Crippen LogP contribution in [0.2, 0.25) is 0 Å². The Bertz CT molecular complexity index is 3380. The van der Waals surface area contributed by atoms with Gasteiger partial charge in [-0.05, 0) is 78.3 Å². The summed E-state index contributed by atoms with van der Waals surface area (Å²) < 4.78 is 2.60. The van der Waals surface area contributed by atoms with E-state index in [-0.39, 0.29) is 0 Å². The summed E-state index contributed by atoms with van der Waals surface area (Å²) in [6, 6.07) is 63.1. The van der Waals surface area contributed by atoms with Crippen molar-refractivity contribution in [3.05, 3.63) is 176 Å². The molecule has 2 aromatic heterocycles. The van der Waals surface area contributed by atoms with Crippen LogP contribution in [0.5, 0.6) is 0 Å². The van der Waals surface area contributed by atoms with Crippen molar-refractivity contribution in [2.45, 2.75) is 0 Å². The van der Waals surface area contributed by atoms with Crippen LogP contribution in [-0.4, -0.2) is 15.0 Å². The summed E-state index contributed by atoms with van der Waals surface area (Å²) in [5.74, 6) is 1.96. The van der Waals surface area contributed by atoms with Crippen LogP contribution in [-0.2, 0) is 0 Å². The Labute approximate surface area is 320 Å². The van der Waals surface area contributed by atoms with Crippen LogP contribution in [0.25, 0.3) is 120 Å². The molecular weight excluding hydrogens is 687 g/mol. The first-order chi connectivity index (χ1) is 27.3. The van der Waals surface area contributed by atoms with Crippen molar-refractivity contribution in [3.8, 4) is 67.5 Å². The first-order valence-corrected chi connectivity index (χ1v) is 19.4. The zero-order valence-electron chi connectivity index (χ0n) is 29.5. The molecular formula is C51H29N3S. The summed E-state index contributed by atoms with van der Waals surface area (Å²) in [5, 5.41) is 9.83. The number of thiophene rings is 1. The van der Waals surface area contributed by atoms with E-state index in [0.29, 0.717) is 17.5 Å². The molecule has 0 atom stereocenters. The number of nitrogens with zero attached hydrogens (tertiary/aromatic N) is 3. The lowest BCUT2D eigenvalue weighted by molar-refractivity contribution is 1.08. The van der Waals surface area contributed by atoms with Crippen molar-refractivity contribution >= 4 is 63.8 Å². The summed E-state index contributed by atoms with van der Waals surface area (Å²) in [6.45, 7) is 0. The Morgan fingerprint density at radius 1 is 0.309 bits per heavy atom. The lowest BCUT2D eigenvalue weighted by Crippen LogP contribution is -2.00. The van der Waals surface area contributed by atoms with Crippen LogP contribution in [0.4, 0.5) is 0 Å². The smallest absolute Gasteiger partial charge is 0.164 e. The Hall–Kier alpha value is -7.01. The van der Waals surface area contributed by atoms with E-state index in [2.05, 4.69) is 158 Å². The second-order valence-electron chi connectivity index (χ2n) is 14.3. The van der Waals surface area contributed by atoms with Crippen molar-refractivity contribution in [3.63, 3.8) is 0 Å². The van der Waals surface area contributed by atoms with Crippen LogP contribution in [0.1, 0.15) is 0 Å². The van der Waals surface area contributed by atoms with Gasteiger partial charge in [-0.3, -0.25) is 0 Å². The second-order valence-corrected chi connectivity index (χ2v) is 15.4. The Balaban J connectivity index is 1.14. The van der Waals surface area contributed by atoms with Gasteiger partial charge in [-0.15, -0.1) is 11.3 Å². The fraction of sp³-hybridized carbons (Fsp3) is 0. The first-order valence-electron chi connectivity index (χ1n) is 18.6. The Morgan fingerprint density at radius 3 is 1.78 bits per heavy atom. The van der Waals surface area contributed by atoms with E-state index in [1.807, 2.05) is 29.5 Å². The maximum Gasteiger partial charge on any atom is 0.164 e. The molecule has 0 bridgehead atoms. The highest BCUT2D eigenvalue weighted by Gasteiger charge is 2.29. The fourth-order valence-corrected chi connectivity index (χ4v) is 9.97. The van der Waals surface area contributed by atoms with E-state index >= 15 is 0 Å². The minimum absolute atomic E-state index is 0.653. The molecule has 1 aliphatic carbocycles. The minimum Gasteiger partial charge on any atom is -0.208 e. The summed E-state index contributed by atoms with van der Waals surface area (Å²) in [5.41, 5.74) is 10.6. The van der Waals surface area contributed by atoms with Crippen LogP contribution >= 0.6 is 11.3 Å². The van der Waals surface area contributed by atoms with Crippen molar-refractivity contribution in [2.75, 3.05) is 0 Å². The van der Waals surface area contributed by atoms with Gasteiger partial charge in [-0.25, -0.2) is 15.0 Å². The average molecular weight is 716 g/mol. The molecule has 2 heterocycles. The summed E-state index contributed by atoms with van der Waals surface area (Å²) in [4.78, 5) is 15.5. The van der Waals surface area contributed by atoms with Crippen LogP contribution < -0.4 is 0 Å². The van der Waals surface area contributed by atoms with E-state index < -0.39 is 0 Å². The molecule has 0 unspecified atom stereocenters. The first kappa shape index (κ1) is 30.5. The number of aromatic nitrogens is 3. The topological polar surface area (TPSA) is 38.7 Å². The van der Waals surface area contributed by atoms with Crippen molar-refractivity contribution in [2.24, 2.45) is 0 Å². The van der Waals surface area contributed by atoms with E-state index in [0.717, 1.165) is 27.5 Å². The minimum atomic E-state index is 0.653. The molecule has 12 rings (SSSR count). The van der Waals surface area contributed by atoms with Gasteiger partial charge in [0, 0.05) is 42.4 Å². The number of hydrogen-bond acceptors (Lipinski definition) is 4. The Morgan fingerprint density at radius 2 is 0.927 bits per heavy atom. The molecule has 0 N–H and O–H groups in total. The number of hydrogen-bond donors (Lipinski definition) is 0. The quantitative estimate of drug-likeness (QED) is 0.182. The molecule has 0 amide bonds. The summed E-state index contributed by atoms with van der Waals surface area (Å²) >= 11 is 1.88. The van der Waals surface area contributed by atoms with E-state index in [9.17, 15) is 0 Å². The molecule has 1 aliphatic rings. The lowest BCUT2D eigenvalue weighted by Gasteiger charge is -2.17. The van der Waals surface area contributed by atoms with Gasteiger partial charge in [0.05, 0.1) is 0 Å². The molecule has 3 nitrogen and oxygen atoms in total. The van der Waals surface area contributed by atoms with Crippen LogP contribution in [0.15, 0.2) is 176 Å². The van der Waals surface area contributed by atoms with Gasteiger partial charge in [0.2, 0.25) is 0 Å². The highest BCUT2D eigenvalue weighted by atomic mass is 32.1. The zero-order valence-corrected chi connectivity index (χ0v) is 30.3. The van der Waals surface area contributed by atoms with Gasteiger partial charge in [-0.2, -0.15) is 0 Å². The van der Waals surface area contributed by atoms with Gasteiger partial charge < -0.3 is 0 Å². The van der Waals surface area contributed by atoms with Crippen molar-refractivity contribution in [1.82, 2.24) is 15.0 Å². The third-order valence-electron chi connectivity index (χ3n) is 11.2. The van der Waals surface area contributed by atoms with Gasteiger partial charge in [0.15, 0.2) is 17.5 Å². The molecule has 254 valence electrons. The van der Waals surface area contributed by atoms with Crippen molar-refractivity contribution in [1.29, 1.82) is 0 Å². The zero-order chi connectivity index (χ0) is 36.0. The van der Waals surface area contributed by atoms with E-state index in [4.69, 9.17) is 15.0 Å². The molecule has 4 heteroatoms. The number of benzene rings is 9. The maximum atomic E-state index is 5.23. The molecule has 0 spiro atoms. The van der Waals surface area contributed by atoms with E-state index in [1.54, 1.807) is 0 Å². The van der Waals surface area contributed by atoms with Crippen LogP contribution in [0, 0.1) is 0 Å². The SMILES string of the molecule is c1ccc(-c2nc(-c3ccc4ccccc4c3)nc(-c3cccc4c(-c5c6c(cc7sc8ccccc8c57)-c5cccc7cccc-6c57)cccc34)n2)cc1. The molecule has 55 heavy (non-hydrogen) atoms. The van der Waals surface area contributed by atoms with Gasteiger partial charge in [0.1, 0.15) is 0 Å². The fourth-order valence-electron chi connectivity index (χ4n) is 8.82. The summed E-state index contributed by atoms with van der Waals surface area (Å²) in [7, 11) is 0. The van der Waals surface area contributed by atoms with Crippen LogP contribution in [0.3, 0.4) is 0 Å². The average Bonchev–Trinajstić information content (AvgIpc) is 3.79. The van der Waals surface area contributed by atoms with Crippen molar-refractivity contribution < 1.29 is 0 Å². The van der Waals surface area contributed by atoms with Gasteiger partial charge in [-0.1, -0.05) is 158 Å². The normalized spacial score (nSPS) is 12.0. The summed E-state index contributed by atoms with van der Waals surface area (Å²) in [6.07, 6.45) is 0. The third-order valence-corrected chi connectivity index (χ3v) is 12.4. The number of fused-ring (bicyclic) bond motifs is 8. The molecule has 11 aromatic rings.